The van der Waals surface area contributed by atoms with Gasteiger partial charge in [0.1, 0.15) is 5.03 Å². The topological polar surface area (TPSA) is 59.0 Å². The zero-order valence-corrected chi connectivity index (χ0v) is 17.9. The molecule has 4 rings (SSSR count). The van der Waals surface area contributed by atoms with Crippen molar-refractivity contribution in [3.63, 3.8) is 0 Å². The second-order valence-electron chi connectivity index (χ2n) is 6.02. The number of anilines is 1. The Morgan fingerprint density at radius 2 is 1.96 bits per heavy atom. The zero-order chi connectivity index (χ0) is 19.5. The van der Waals surface area contributed by atoms with E-state index in [2.05, 4.69) is 11.1 Å². The average Bonchev–Trinajstić information content (AvgIpc) is 3.38. The number of thioether (sulfide) groups is 1. The molecule has 0 N–H and O–H groups in total. The van der Waals surface area contributed by atoms with Crippen LogP contribution in [0.3, 0.4) is 0 Å². The fraction of sp³-hybridized carbons (Fsp3) is 0.200. The highest BCUT2D eigenvalue weighted by atomic mass is 32.2. The number of amides is 1. The Morgan fingerprint density at radius 1 is 1.11 bits per heavy atom. The number of carbonyl (C=O) groups is 1. The van der Waals surface area contributed by atoms with Crippen molar-refractivity contribution in [2.24, 2.45) is 0 Å². The Labute approximate surface area is 175 Å². The molecule has 3 heterocycles. The van der Waals surface area contributed by atoms with Crippen molar-refractivity contribution in [3.05, 3.63) is 52.9 Å². The van der Waals surface area contributed by atoms with Gasteiger partial charge >= 0.3 is 0 Å². The van der Waals surface area contributed by atoms with E-state index >= 15 is 0 Å². The first-order chi connectivity index (χ1) is 13.7. The van der Waals surface area contributed by atoms with E-state index in [1.165, 1.54) is 11.3 Å². The van der Waals surface area contributed by atoms with Crippen LogP contribution in [0.1, 0.15) is 19.5 Å². The van der Waals surface area contributed by atoms with Crippen LogP contribution in [-0.2, 0) is 10.5 Å². The smallest absolute Gasteiger partial charge is 0.225 e. The number of thiophene rings is 1. The number of thiazole rings is 1. The van der Waals surface area contributed by atoms with E-state index in [0.717, 1.165) is 37.5 Å². The molecule has 1 amide bonds. The number of hydrogen-bond acceptors (Lipinski definition) is 7. The van der Waals surface area contributed by atoms with Gasteiger partial charge in [-0.2, -0.15) is 0 Å². The molecule has 3 aromatic heterocycles. The molecule has 0 fully saturated rings. The van der Waals surface area contributed by atoms with Crippen molar-refractivity contribution in [2.75, 3.05) is 11.4 Å². The van der Waals surface area contributed by atoms with Crippen LogP contribution in [0.15, 0.2) is 52.2 Å². The Hall–Kier alpha value is -2.29. The molecule has 0 unspecified atom stereocenters. The van der Waals surface area contributed by atoms with E-state index in [9.17, 15) is 4.79 Å². The molecule has 8 heteroatoms. The molecule has 0 atom stereocenters. The standard InChI is InChI=1S/C20H18N4OS3/c1-3-24(13(2)25)20-21-14(12-28-20)11-27-19-15-7-4-5-8-16(15)22-18(23-19)17-9-6-10-26-17/h4-10,12H,3,11H2,1-2H3. The highest BCUT2D eigenvalue weighted by Crippen LogP contribution is 2.32. The van der Waals surface area contributed by atoms with Gasteiger partial charge in [0, 0.05) is 30.0 Å². The van der Waals surface area contributed by atoms with Gasteiger partial charge < -0.3 is 0 Å². The first kappa shape index (κ1) is 19.0. The molecule has 28 heavy (non-hydrogen) atoms. The van der Waals surface area contributed by atoms with E-state index in [4.69, 9.17) is 9.97 Å². The van der Waals surface area contributed by atoms with Crippen LogP contribution in [0.2, 0.25) is 0 Å². The number of carbonyl (C=O) groups excluding carboxylic acids is 1. The van der Waals surface area contributed by atoms with E-state index in [-0.39, 0.29) is 5.91 Å². The average molecular weight is 427 g/mol. The van der Waals surface area contributed by atoms with Gasteiger partial charge in [-0.05, 0) is 24.4 Å². The van der Waals surface area contributed by atoms with Crippen LogP contribution in [-0.4, -0.2) is 27.4 Å². The van der Waals surface area contributed by atoms with Gasteiger partial charge in [-0.3, -0.25) is 9.69 Å². The lowest BCUT2D eigenvalue weighted by Crippen LogP contribution is -2.27. The predicted molar refractivity (Wildman–Crippen MR) is 118 cm³/mol. The minimum absolute atomic E-state index is 0.0124. The molecule has 0 saturated carbocycles. The summed E-state index contributed by atoms with van der Waals surface area (Å²) < 4.78 is 0. The number of fused-ring (bicyclic) bond motifs is 1. The number of benzene rings is 1. The molecule has 0 bridgehead atoms. The van der Waals surface area contributed by atoms with Crippen LogP contribution in [0.5, 0.6) is 0 Å². The number of hydrogen-bond donors (Lipinski definition) is 0. The summed E-state index contributed by atoms with van der Waals surface area (Å²) in [6.07, 6.45) is 0. The monoisotopic (exact) mass is 426 g/mol. The van der Waals surface area contributed by atoms with Crippen molar-refractivity contribution in [3.8, 4) is 10.7 Å². The number of aromatic nitrogens is 3. The van der Waals surface area contributed by atoms with Gasteiger partial charge in [0.25, 0.3) is 0 Å². The molecule has 0 aliphatic heterocycles. The van der Waals surface area contributed by atoms with Crippen molar-refractivity contribution >= 4 is 56.4 Å². The SMILES string of the molecule is CCN(C(C)=O)c1nc(CSc2nc(-c3cccs3)nc3ccccc23)cs1. The number of para-hydroxylation sites is 1. The zero-order valence-electron chi connectivity index (χ0n) is 15.5. The molecule has 0 saturated heterocycles. The Bertz CT molecular complexity index is 1110. The fourth-order valence-electron chi connectivity index (χ4n) is 2.79. The molecule has 142 valence electrons. The van der Waals surface area contributed by atoms with E-state index in [1.54, 1.807) is 34.9 Å². The summed E-state index contributed by atoms with van der Waals surface area (Å²) in [5, 5.41) is 6.78. The summed E-state index contributed by atoms with van der Waals surface area (Å²) in [4.78, 5) is 28.6. The van der Waals surface area contributed by atoms with Gasteiger partial charge in [-0.25, -0.2) is 15.0 Å². The maximum absolute atomic E-state index is 11.7. The summed E-state index contributed by atoms with van der Waals surface area (Å²) in [6, 6.07) is 12.1. The molecular weight excluding hydrogens is 408 g/mol. The molecule has 1 aromatic carbocycles. The third kappa shape index (κ3) is 3.94. The quantitative estimate of drug-likeness (QED) is 0.302. The van der Waals surface area contributed by atoms with Gasteiger partial charge in [-0.15, -0.1) is 22.7 Å². The first-order valence-electron chi connectivity index (χ1n) is 8.81. The Balaban J connectivity index is 1.61. The summed E-state index contributed by atoms with van der Waals surface area (Å²) in [5.74, 6) is 1.46. The fourth-order valence-corrected chi connectivity index (χ4v) is 5.40. The van der Waals surface area contributed by atoms with Crippen LogP contribution in [0, 0.1) is 0 Å². The van der Waals surface area contributed by atoms with Crippen molar-refractivity contribution in [1.82, 2.24) is 15.0 Å². The number of rotatable bonds is 6. The van der Waals surface area contributed by atoms with Crippen molar-refractivity contribution in [1.29, 1.82) is 0 Å². The Kier molecular flexibility index (Phi) is 5.70. The molecule has 4 aromatic rings. The van der Waals surface area contributed by atoms with Crippen molar-refractivity contribution < 1.29 is 4.79 Å². The molecule has 5 nitrogen and oxygen atoms in total. The van der Waals surface area contributed by atoms with Crippen LogP contribution < -0.4 is 4.90 Å². The lowest BCUT2D eigenvalue weighted by Gasteiger charge is -2.14. The summed E-state index contributed by atoms with van der Waals surface area (Å²) in [5.41, 5.74) is 1.89. The lowest BCUT2D eigenvalue weighted by molar-refractivity contribution is -0.116. The third-order valence-electron chi connectivity index (χ3n) is 4.13. The van der Waals surface area contributed by atoms with Crippen LogP contribution >= 0.6 is 34.4 Å². The van der Waals surface area contributed by atoms with E-state index in [0.29, 0.717) is 12.3 Å². The molecule has 0 aliphatic carbocycles. The largest absolute Gasteiger partial charge is 0.289 e. The van der Waals surface area contributed by atoms with E-state index < -0.39 is 0 Å². The van der Waals surface area contributed by atoms with E-state index in [1.807, 2.05) is 48.0 Å². The Morgan fingerprint density at radius 3 is 2.71 bits per heavy atom. The van der Waals surface area contributed by atoms with Crippen LogP contribution in [0.25, 0.3) is 21.6 Å². The predicted octanol–water partition coefficient (Wildman–Crippen LogP) is 5.48. The maximum Gasteiger partial charge on any atom is 0.225 e. The maximum atomic E-state index is 11.7. The van der Waals surface area contributed by atoms with Gasteiger partial charge in [0.2, 0.25) is 5.91 Å². The summed E-state index contributed by atoms with van der Waals surface area (Å²) in [6.45, 7) is 4.14. The molecule has 0 spiro atoms. The minimum Gasteiger partial charge on any atom is -0.289 e. The second kappa shape index (κ2) is 8.38. The minimum atomic E-state index is 0.0124. The normalized spacial score (nSPS) is 11.1. The molecule has 0 aliphatic rings. The van der Waals surface area contributed by atoms with Gasteiger partial charge in [0.05, 0.1) is 16.1 Å². The lowest BCUT2D eigenvalue weighted by atomic mass is 10.2. The summed E-state index contributed by atoms with van der Waals surface area (Å²) in [7, 11) is 0. The van der Waals surface area contributed by atoms with Crippen molar-refractivity contribution in [2.45, 2.75) is 24.6 Å². The molecular formula is C20H18N4OS3. The molecule has 0 radical (unpaired) electrons. The summed E-state index contributed by atoms with van der Waals surface area (Å²) >= 11 is 4.79. The first-order valence-corrected chi connectivity index (χ1v) is 11.6. The number of nitrogens with zero attached hydrogens (tertiary/aromatic N) is 4. The van der Waals surface area contributed by atoms with Gasteiger partial charge in [0.15, 0.2) is 11.0 Å². The third-order valence-corrected chi connectivity index (χ3v) is 6.94. The van der Waals surface area contributed by atoms with Gasteiger partial charge in [-0.1, -0.05) is 36.0 Å². The highest BCUT2D eigenvalue weighted by Gasteiger charge is 2.15. The van der Waals surface area contributed by atoms with Crippen LogP contribution in [0.4, 0.5) is 5.13 Å². The second-order valence-corrected chi connectivity index (χ2v) is 8.77. The highest BCUT2D eigenvalue weighted by molar-refractivity contribution is 7.98.